The Labute approximate surface area is 167 Å². The van der Waals surface area contributed by atoms with E-state index in [0.717, 1.165) is 14.7 Å². The van der Waals surface area contributed by atoms with Crippen molar-refractivity contribution in [3.63, 3.8) is 0 Å². The fourth-order valence-electron chi connectivity index (χ4n) is 3.86. The molecule has 0 bridgehead atoms. The summed E-state index contributed by atoms with van der Waals surface area (Å²) >= 11 is 2.29. The van der Waals surface area contributed by atoms with E-state index in [1.54, 1.807) is 7.05 Å². The maximum Gasteiger partial charge on any atom is 0.239 e. The molecule has 0 aromatic heterocycles. The number of nitrogens with zero attached hydrogens (tertiary/aromatic N) is 1. The van der Waals surface area contributed by atoms with Crippen molar-refractivity contribution in [3.8, 4) is 0 Å². The number of carbonyl (C=O) groups excluding carboxylic acids is 1. The van der Waals surface area contributed by atoms with Crippen molar-refractivity contribution in [1.29, 1.82) is 5.41 Å². The SMILES string of the molecule is CN1C(=N)N[C@](C)(c2cccc(I)c2)[C@@H](c2ccc(C3CC3)cc2)C1=O. The summed E-state index contributed by atoms with van der Waals surface area (Å²) in [6.45, 7) is 2.03. The first-order valence-corrected chi connectivity index (χ1v) is 9.98. The summed E-state index contributed by atoms with van der Waals surface area (Å²) in [4.78, 5) is 14.6. The van der Waals surface area contributed by atoms with Gasteiger partial charge in [-0.3, -0.25) is 15.1 Å². The smallest absolute Gasteiger partial charge is 0.239 e. The van der Waals surface area contributed by atoms with E-state index in [0.29, 0.717) is 5.92 Å². The second-order valence-electron chi connectivity index (χ2n) is 7.46. The molecule has 134 valence electrons. The Bertz CT molecular complexity index is 875. The first-order valence-electron chi connectivity index (χ1n) is 8.90. The van der Waals surface area contributed by atoms with Crippen molar-refractivity contribution >= 4 is 34.5 Å². The molecule has 1 aliphatic heterocycles. The fraction of sp³-hybridized carbons (Fsp3) is 0.333. The molecule has 1 aliphatic carbocycles. The number of hydrogen-bond acceptors (Lipinski definition) is 2. The number of nitrogens with one attached hydrogen (secondary N) is 2. The molecule has 0 radical (unpaired) electrons. The Morgan fingerprint density at radius 1 is 1.15 bits per heavy atom. The first kappa shape index (κ1) is 17.5. The van der Waals surface area contributed by atoms with Gasteiger partial charge in [0, 0.05) is 10.6 Å². The highest BCUT2D eigenvalue weighted by Gasteiger charge is 2.48. The van der Waals surface area contributed by atoms with Gasteiger partial charge in [0.25, 0.3) is 0 Å². The maximum absolute atomic E-state index is 13.2. The number of rotatable bonds is 3. The van der Waals surface area contributed by atoms with Gasteiger partial charge in [-0.1, -0.05) is 36.4 Å². The van der Waals surface area contributed by atoms with Crippen molar-refractivity contribution in [2.75, 3.05) is 7.05 Å². The average molecular weight is 459 g/mol. The normalized spacial score (nSPS) is 26.0. The largest absolute Gasteiger partial charge is 0.346 e. The van der Waals surface area contributed by atoms with E-state index >= 15 is 0 Å². The molecule has 1 saturated carbocycles. The van der Waals surface area contributed by atoms with Crippen LogP contribution in [0, 0.1) is 8.98 Å². The Balaban J connectivity index is 1.80. The second-order valence-corrected chi connectivity index (χ2v) is 8.70. The first-order chi connectivity index (χ1) is 12.4. The van der Waals surface area contributed by atoms with Crippen LogP contribution in [0.2, 0.25) is 0 Å². The van der Waals surface area contributed by atoms with E-state index < -0.39 is 5.54 Å². The van der Waals surface area contributed by atoms with Crippen LogP contribution in [0.3, 0.4) is 0 Å². The van der Waals surface area contributed by atoms with Crippen LogP contribution in [0.4, 0.5) is 0 Å². The monoisotopic (exact) mass is 459 g/mol. The molecule has 4 rings (SSSR count). The van der Waals surface area contributed by atoms with E-state index in [-0.39, 0.29) is 17.8 Å². The van der Waals surface area contributed by atoms with Crippen LogP contribution in [0.5, 0.6) is 0 Å². The minimum atomic E-state index is -0.664. The fourth-order valence-corrected chi connectivity index (χ4v) is 4.40. The molecule has 2 N–H and O–H groups in total. The topological polar surface area (TPSA) is 56.2 Å². The van der Waals surface area contributed by atoms with Crippen LogP contribution in [-0.4, -0.2) is 23.8 Å². The highest BCUT2D eigenvalue weighted by atomic mass is 127. The van der Waals surface area contributed by atoms with Gasteiger partial charge in [0.1, 0.15) is 0 Å². The molecule has 1 saturated heterocycles. The Hall–Kier alpha value is -1.89. The molecule has 2 fully saturated rings. The van der Waals surface area contributed by atoms with E-state index in [2.05, 4.69) is 58.2 Å². The zero-order valence-electron chi connectivity index (χ0n) is 14.9. The molecule has 4 nitrogen and oxygen atoms in total. The number of hydrogen-bond donors (Lipinski definition) is 2. The number of guanidine groups is 1. The van der Waals surface area contributed by atoms with Gasteiger partial charge in [-0.05, 0) is 77.1 Å². The van der Waals surface area contributed by atoms with E-state index in [1.807, 2.05) is 25.1 Å². The van der Waals surface area contributed by atoms with Gasteiger partial charge in [-0.25, -0.2) is 0 Å². The lowest BCUT2D eigenvalue weighted by Crippen LogP contribution is -2.62. The highest BCUT2D eigenvalue weighted by Crippen LogP contribution is 2.43. The molecule has 2 aromatic rings. The predicted octanol–water partition coefficient (Wildman–Crippen LogP) is 4.16. The molecule has 26 heavy (non-hydrogen) atoms. The number of halogens is 1. The van der Waals surface area contributed by atoms with Crippen molar-refractivity contribution in [2.45, 2.75) is 37.1 Å². The Morgan fingerprint density at radius 2 is 1.81 bits per heavy atom. The summed E-state index contributed by atoms with van der Waals surface area (Å²) in [6.07, 6.45) is 2.53. The van der Waals surface area contributed by atoms with Crippen molar-refractivity contribution in [2.24, 2.45) is 0 Å². The zero-order chi connectivity index (χ0) is 18.5. The summed E-state index contributed by atoms with van der Waals surface area (Å²) in [5, 5.41) is 11.5. The predicted molar refractivity (Wildman–Crippen MR) is 111 cm³/mol. The third-order valence-corrected chi connectivity index (χ3v) is 6.28. The number of amides is 1. The average Bonchev–Trinajstić information content (AvgIpc) is 3.46. The van der Waals surface area contributed by atoms with E-state index in [9.17, 15) is 4.79 Å². The standard InChI is InChI=1S/C21H22IN3O/c1-21(16-4-3-5-17(22)12-16)18(19(26)25(2)20(23)24-21)15-10-8-14(9-11-15)13-6-7-13/h3-5,8-13,18H,6-7H2,1-2H3,(H2,23,24)/t18-,21+/m0/s1. The van der Waals surface area contributed by atoms with Gasteiger partial charge >= 0.3 is 0 Å². The molecular weight excluding hydrogens is 437 g/mol. The minimum Gasteiger partial charge on any atom is -0.346 e. The molecule has 5 heteroatoms. The Kier molecular flexibility index (Phi) is 4.29. The summed E-state index contributed by atoms with van der Waals surface area (Å²) in [5.41, 5.74) is 2.71. The molecule has 0 spiro atoms. The van der Waals surface area contributed by atoms with Gasteiger partial charge in [0.2, 0.25) is 5.91 Å². The van der Waals surface area contributed by atoms with Crippen LogP contribution < -0.4 is 5.32 Å². The lowest BCUT2D eigenvalue weighted by molar-refractivity contribution is -0.131. The van der Waals surface area contributed by atoms with Gasteiger partial charge in [-0.15, -0.1) is 0 Å². The van der Waals surface area contributed by atoms with Crippen molar-refractivity contribution in [1.82, 2.24) is 10.2 Å². The van der Waals surface area contributed by atoms with Crippen LogP contribution in [0.25, 0.3) is 0 Å². The van der Waals surface area contributed by atoms with Crippen molar-refractivity contribution < 1.29 is 4.79 Å². The second kappa shape index (κ2) is 6.37. The van der Waals surface area contributed by atoms with E-state index in [1.165, 1.54) is 23.3 Å². The van der Waals surface area contributed by atoms with Gasteiger partial charge in [0.05, 0.1) is 11.5 Å². The van der Waals surface area contributed by atoms with Crippen molar-refractivity contribution in [3.05, 3.63) is 68.8 Å². The van der Waals surface area contributed by atoms with Gasteiger partial charge in [-0.2, -0.15) is 0 Å². The summed E-state index contributed by atoms with van der Waals surface area (Å²) < 4.78 is 1.11. The summed E-state index contributed by atoms with van der Waals surface area (Å²) in [7, 11) is 1.66. The number of likely N-dealkylation sites (N-methyl/N-ethyl adjacent to an activating group) is 1. The van der Waals surface area contributed by atoms with Crippen LogP contribution in [0.1, 0.15) is 48.3 Å². The minimum absolute atomic E-state index is 0.0470. The van der Waals surface area contributed by atoms with Crippen LogP contribution in [0.15, 0.2) is 48.5 Å². The maximum atomic E-state index is 13.2. The summed E-state index contributed by atoms with van der Waals surface area (Å²) in [6, 6.07) is 16.7. The molecule has 2 aliphatic rings. The quantitative estimate of drug-likeness (QED) is 0.678. The van der Waals surface area contributed by atoms with Gasteiger partial charge < -0.3 is 5.32 Å². The van der Waals surface area contributed by atoms with E-state index in [4.69, 9.17) is 5.41 Å². The molecule has 2 atom stereocenters. The molecular formula is C21H22IN3O. The number of benzene rings is 2. The number of carbonyl (C=O) groups is 1. The lowest BCUT2D eigenvalue weighted by Gasteiger charge is -2.46. The molecule has 1 heterocycles. The lowest BCUT2D eigenvalue weighted by atomic mass is 9.73. The van der Waals surface area contributed by atoms with Gasteiger partial charge in [0.15, 0.2) is 5.96 Å². The molecule has 2 aromatic carbocycles. The zero-order valence-corrected chi connectivity index (χ0v) is 17.1. The Morgan fingerprint density at radius 3 is 2.42 bits per heavy atom. The highest BCUT2D eigenvalue weighted by molar-refractivity contribution is 14.1. The van der Waals surface area contributed by atoms with Crippen LogP contribution in [-0.2, 0) is 10.3 Å². The molecule has 0 unspecified atom stereocenters. The molecule has 1 amide bonds. The third kappa shape index (κ3) is 2.92. The van der Waals surface area contributed by atoms with Crippen LogP contribution >= 0.6 is 22.6 Å². The summed E-state index contributed by atoms with van der Waals surface area (Å²) in [5.74, 6) is 0.409. The third-order valence-electron chi connectivity index (χ3n) is 5.61.